The van der Waals surface area contributed by atoms with Crippen molar-refractivity contribution in [2.45, 2.75) is 19.0 Å². The van der Waals surface area contributed by atoms with Crippen molar-refractivity contribution in [2.24, 2.45) is 0 Å². The molecule has 0 spiro atoms. The topological polar surface area (TPSA) is 21.3 Å². The molecule has 1 atom stereocenters. The van der Waals surface area contributed by atoms with E-state index in [4.69, 9.17) is 16.3 Å². The van der Waals surface area contributed by atoms with Crippen LogP contribution in [0.1, 0.15) is 12.0 Å². The fraction of sp³-hybridized carbons (Fsp3) is 0.500. The van der Waals surface area contributed by atoms with E-state index in [1.54, 1.807) is 19.2 Å². The standard InChI is InChI=1S/C12H16BrClFNO/c1-17-8-10(4-5-14)16-7-9-2-3-12(15)11(13)6-9/h2-3,6,10,16H,4-5,7-8H2,1H3. The third kappa shape index (κ3) is 5.34. The average Bonchev–Trinajstić information content (AvgIpc) is 2.31. The van der Waals surface area contributed by atoms with E-state index in [1.165, 1.54) is 6.07 Å². The molecule has 0 bridgehead atoms. The van der Waals surface area contributed by atoms with Crippen molar-refractivity contribution in [3.8, 4) is 0 Å². The first-order valence-electron chi connectivity index (χ1n) is 5.39. The van der Waals surface area contributed by atoms with Crippen LogP contribution in [0.15, 0.2) is 22.7 Å². The summed E-state index contributed by atoms with van der Waals surface area (Å²) in [6.45, 7) is 1.29. The highest BCUT2D eigenvalue weighted by molar-refractivity contribution is 9.10. The zero-order chi connectivity index (χ0) is 12.7. The van der Waals surface area contributed by atoms with Crippen LogP contribution in [0.25, 0.3) is 0 Å². The van der Waals surface area contributed by atoms with Gasteiger partial charge < -0.3 is 10.1 Å². The Kier molecular flexibility index (Phi) is 7.04. The quantitative estimate of drug-likeness (QED) is 0.777. The molecular weight excluding hydrogens is 308 g/mol. The van der Waals surface area contributed by atoms with Crippen LogP contribution in [0.5, 0.6) is 0 Å². The Morgan fingerprint density at radius 3 is 2.88 bits per heavy atom. The third-order valence-electron chi connectivity index (χ3n) is 2.40. The molecule has 1 rings (SSSR count). The molecule has 1 aromatic rings. The normalized spacial score (nSPS) is 12.7. The van der Waals surface area contributed by atoms with Gasteiger partial charge in [-0.1, -0.05) is 6.07 Å². The second kappa shape index (κ2) is 8.03. The van der Waals surface area contributed by atoms with E-state index in [0.717, 1.165) is 12.0 Å². The van der Waals surface area contributed by atoms with Crippen molar-refractivity contribution < 1.29 is 9.13 Å². The molecule has 0 saturated heterocycles. The van der Waals surface area contributed by atoms with Crippen LogP contribution in [0.4, 0.5) is 4.39 Å². The molecule has 0 aliphatic rings. The number of ether oxygens (including phenoxy) is 1. The Morgan fingerprint density at radius 1 is 1.53 bits per heavy atom. The van der Waals surface area contributed by atoms with Gasteiger partial charge in [-0.05, 0) is 40.0 Å². The van der Waals surface area contributed by atoms with Gasteiger partial charge in [0.25, 0.3) is 0 Å². The number of rotatable bonds is 7. The molecule has 96 valence electrons. The van der Waals surface area contributed by atoms with Crippen molar-refractivity contribution in [3.63, 3.8) is 0 Å². The van der Waals surface area contributed by atoms with Crippen molar-refractivity contribution in [2.75, 3.05) is 19.6 Å². The second-order valence-corrected chi connectivity index (χ2v) is 4.99. The number of halogens is 3. The Labute approximate surface area is 115 Å². The molecule has 0 saturated carbocycles. The van der Waals surface area contributed by atoms with Gasteiger partial charge in [0, 0.05) is 25.6 Å². The van der Waals surface area contributed by atoms with E-state index >= 15 is 0 Å². The average molecular weight is 325 g/mol. The Balaban J connectivity index is 2.49. The summed E-state index contributed by atoms with van der Waals surface area (Å²) in [5.41, 5.74) is 1.02. The van der Waals surface area contributed by atoms with E-state index in [9.17, 15) is 4.39 Å². The predicted molar refractivity (Wildman–Crippen MR) is 71.9 cm³/mol. The zero-order valence-electron chi connectivity index (χ0n) is 9.68. The molecule has 0 aromatic heterocycles. The summed E-state index contributed by atoms with van der Waals surface area (Å²) < 4.78 is 18.6. The van der Waals surface area contributed by atoms with Gasteiger partial charge >= 0.3 is 0 Å². The molecule has 0 heterocycles. The van der Waals surface area contributed by atoms with Crippen molar-refractivity contribution in [1.29, 1.82) is 0 Å². The molecule has 0 aliphatic heterocycles. The lowest BCUT2D eigenvalue weighted by Gasteiger charge is -2.16. The van der Waals surface area contributed by atoms with Gasteiger partial charge in [0.2, 0.25) is 0 Å². The summed E-state index contributed by atoms with van der Waals surface area (Å²) >= 11 is 8.87. The smallest absolute Gasteiger partial charge is 0.137 e. The first kappa shape index (κ1) is 14.9. The largest absolute Gasteiger partial charge is 0.383 e. The van der Waals surface area contributed by atoms with Crippen LogP contribution in [0, 0.1) is 5.82 Å². The zero-order valence-corrected chi connectivity index (χ0v) is 12.0. The maximum Gasteiger partial charge on any atom is 0.137 e. The molecule has 2 nitrogen and oxygen atoms in total. The molecule has 0 amide bonds. The Bertz CT molecular complexity index is 345. The van der Waals surface area contributed by atoms with Crippen molar-refractivity contribution in [1.82, 2.24) is 5.32 Å². The summed E-state index contributed by atoms with van der Waals surface area (Å²) in [5.74, 6) is 0.344. The predicted octanol–water partition coefficient (Wildman–Crippen LogP) is 3.32. The summed E-state index contributed by atoms with van der Waals surface area (Å²) in [6.07, 6.45) is 0.845. The highest BCUT2D eigenvalue weighted by Gasteiger charge is 2.07. The van der Waals surface area contributed by atoms with Crippen LogP contribution in [0.2, 0.25) is 0 Å². The highest BCUT2D eigenvalue weighted by Crippen LogP contribution is 2.16. The monoisotopic (exact) mass is 323 g/mol. The van der Waals surface area contributed by atoms with Gasteiger partial charge in [-0.2, -0.15) is 0 Å². The van der Waals surface area contributed by atoms with Gasteiger partial charge in [0.1, 0.15) is 5.82 Å². The minimum Gasteiger partial charge on any atom is -0.383 e. The van der Waals surface area contributed by atoms with Crippen LogP contribution in [-0.4, -0.2) is 25.6 Å². The van der Waals surface area contributed by atoms with Gasteiger partial charge in [0.15, 0.2) is 0 Å². The Hall–Kier alpha value is -0.160. The number of alkyl halides is 1. The number of methoxy groups -OCH3 is 1. The second-order valence-electron chi connectivity index (χ2n) is 3.76. The van der Waals surface area contributed by atoms with E-state index < -0.39 is 0 Å². The van der Waals surface area contributed by atoms with Crippen LogP contribution < -0.4 is 5.32 Å². The van der Waals surface area contributed by atoms with Gasteiger partial charge in [0.05, 0.1) is 11.1 Å². The minimum atomic E-state index is -0.247. The molecule has 17 heavy (non-hydrogen) atoms. The number of hydrogen-bond donors (Lipinski definition) is 1. The van der Waals surface area contributed by atoms with Crippen LogP contribution in [-0.2, 0) is 11.3 Å². The lowest BCUT2D eigenvalue weighted by atomic mass is 10.2. The lowest BCUT2D eigenvalue weighted by molar-refractivity contribution is 0.164. The maximum absolute atomic E-state index is 13.0. The summed E-state index contributed by atoms with van der Waals surface area (Å²) in [7, 11) is 1.66. The third-order valence-corrected chi connectivity index (χ3v) is 3.23. The number of benzene rings is 1. The van der Waals surface area contributed by atoms with E-state index in [0.29, 0.717) is 23.5 Å². The van der Waals surface area contributed by atoms with E-state index in [-0.39, 0.29) is 11.9 Å². The molecule has 0 aliphatic carbocycles. The van der Waals surface area contributed by atoms with E-state index in [1.807, 2.05) is 0 Å². The van der Waals surface area contributed by atoms with E-state index in [2.05, 4.69) is 21.2 Å². The SMILES string of the molecule is COCC(CCCl)NCc1ccc(F)c(Br)c1. The molecule has 0 fully saturated rings. The first-order valence-corrected chi connectivity index (χ1v) is 6.72. The molecule has 1 aromatic carbocycles. The Morgan fingerprint density at radius 2 is 2.29 bits per heavy atom. The van der Waals surface area contributed by atoms with Crippen molar-refractivity contribution >= 4 is 27.5 Å². The number of nitrogens with one attached hydrogen (secondary N) is 1. The molecule has 1 unspecified atom stereocenters. The van der Waals surface area contributed by atoms with Gasteiger partial charge in [-0.25, -0.2) is 4.39 Å². The first-order chi connectivity index (χ1) is 8.17. The highest BCUT2D eigenvalue weighted by atomic mass is 79.9. The van der Waals surface area contributed by atoms with Gasteiger partial charge in [-0.15, -0.1) is 11.6 Å². The molecular formula is C12H16BrClFNO. The van der Waals surface area contributed by atoms with Gasteiger partial charge in [-0.3, -0.25) is 0 Å². The molecule has 0 radical (unpaired) electrons. The number of hydrogen-bond acceptors (Lipinski definition) is 2. The fourth-order valence-corrected chi connectivity index (χ4v) is 2.18. The lowest BCUT2D eigenvalue weighted by Crippen LogP contribution is -2.33. The van der Waals surface area contributed by atoms with Crippen LogP contribution in [0.3, 0.4) is 0 Å². The molecule has 1 N–H and O–H groups in total. The summed E-state index contributed by atoms with van der Waals surface area (Å²) in [5, 5.41) is 3.33. The minimum absolute atomic E-state index is 0.223. The summed E-state index contributed by atoms with van der Waals surface area (Å²) in [4.78, 5) is 0. The van der Waals surface area contributed by atoms with Crippen molar-refractivity contribution in [3.05, 3.63) is 34.1 Å². The summed E-state index contributed by atoms with van der Waals surface area (Å²) in [6, 6.07) is 5.21. The fourth-order valence-electron chi connectivity index (χ4n) is 1.49. The maximum atomic E-state index is 13.0. The molecule has 5 heteroatoms. The van der Waals surface area contributed by atoms with Crippen LogP contribution >= 0.6 is 27.5 Å².